The van der Waals surface area contributed by atoms with Gasteiger partial charge < -0.3 is 10.2 Å². The van der Waals surface area contributed by atoms with Gasteiger partial charge >= 0.3 is 0 Å². The van der Waals surface area contributed by atoms with Gasteiger partial charge in [-0.2, -0.15) is 15.3 Å². The second kappa shape index (κ2) is 9.06. The summed E-state index contributed by atoms with van der Waals surface area (Å²) in [5.41, 5.74) is 5.41. The number of rotatable bonds is 5. The quantitative estimate of drug-likeness (QED) is 0.397. The minimum Gasteiger partial charge on any atom is -0.329 e. The lowest BCUT2D eigenvalue weighted by atomic mass is 9.98. The molecule has 1 saturated heterocycles. The van der Waals surface area contributed by atoms with Crippen molar-refractivity contribution in [3.05, 3.63) is 65.0 Å². The summed E-state index contributed by atoms with van der Waals surface area (Å²) >= 11 is 0. The third kappa shape index (κ3) is 3.96. The standard InChI is InChI=1S/C25H27N9O2/c1-33-23(16-7-4-8-17(16)32-33)25(36)34-11-3-2-9-21(34)19-13-22(31-29-19)27-24(35)20-12-18(28-30-20)15-6-5-10-26-14-15/h5-6,10,12-14,21H,2-4,7-9,11H2,1H3,(H,28,30)(H2,27,29,31,35). The molecule has 1 aliphatic heterocycles. The molecular weight excluding hydrogens is 458 g/mol. The number of carbonyl (C=O) groups excluding carboxylic acids is 2. The van der Waals surface area contributed by atoms with Crippen molar-refractivity contribution < 1.29 is 9.59 Å². The van der Waals surface area contributed by atoms with E-state index in [2.05, 4.69) is 35.8 Å². The monoisotopic (exact) mass is 485 g/mol. The van der Waals surface area contributed by atoms with Gasteiger partial charge in [0.15, 0.2) is 5.82 Å². The van der Waals surface area contributed by atoms with Crippen LogP contribution < -0.4 is 5.32 Å². The van der Waals surface area contributed by atoms with Crippen molar-refractivity contribution in [3.63, 3.8) is 0 Å². The zero-order valence-corrected chi connectivity index (χ0v) is 20.0. The average molecular weight is 486 g/mol. The lowest BCUT2D eigenvalue weighted by Gasteiger charge is -2.35. The van der Waals surface area contributed by atoms with Gasteiger partial charge in [0.05, 0.1) is 23.1 Å². The Morgan fingerprint density at radius 3 is 2.89 bits per heavy atom. The number of H-pyrrole nitrogens is 2. The Kier molecular flexibility index (Phi) is 5.59. The largest absolute Gasteiger partial charge is 0.329 e. The molecule has 4 aromatic heterocycles. The van der Waals surface area contributed by atoms with E-state index < -0.39 is 0 Å². The van der Waals surface area contributed by atoms with Crippen molar-refractivity contribution in [3.8, 4) is 11.3 Å². The van der Waals surface area contributed by atoms with E-state index in [4.69, 9.17) is 0 Å². The molecule has 5 heterocycles. The van der Waals surface area contributed by atoms with Gasteiger partial charge in [-0.25, -0.2) is 0 Å². The van der Waals surface area contributed by atoms with Gasteiger partial charge in [0.25, 0.3) is 11.8 Å². The van der Waals surface area contributed by atoms with Crippen LogP contribution in [0.1, 0.15) is 69.7 Å². The van der Waals surface area contributed by atoms with Crippen LogP contribution in [0.15, 0.2) is 36.7 Å². The maximum absolute atomic E-state index is 13.7. The molecule has 184 valence electrons. The van der Waals surface area contributed by atoms with Crippen LogP contribution in [0.5, 0.6) is 0 Å². The van der Waals surface area contributed by atoms with E-state index in [0.717, 1.165) is 61.0 Å². The summed E-state index contributed by atoms with van der Waals surface area (Å²) in [5.74, 6) is 0.0584. The van der Waals surface area contributed by atoms with Gasteiger partial charge in [-0.05, 0) is 56.7 Å². The van der Waals surface area contributed by atoms with Gasteiger partial charge in [-0.1, -0.05) is 0 Å². The first-order valence-electron chi connectivity index (χ1n) is 12.3. The van der Waals surface area contributed by atoms with E-state index in [-0.39, 0.29) is 17.9 Å². The topological polar surface area (TPSA) is 137 Å². The number of pyridine rings is 1. The maximum Gasteiger partial charge on any atom is 0.274 e. The zero-order chi connectivity index (χ0) is 24.6. The third-order valence-electron chi connectivity index (χ3n) is 7.01. The van der Waals surface area contributed by atoms with Crippen molar-refractivity contribution in [1.29, 1.82) is 0 Å². The van der Waals surface area contributed by atoms with Gasteiger partial charge in [-0.3, -0.25) is 29.5 Å². The fourth-order valence-corrected chi connectivity index (χ4v) is 5.28. The number of anilines is 1. The third-order valence-corrected chi connectivity index (χ3v) is 7.01. The molecule has 0 saturated carbocycles. The van der Waals surface area contributed by atoms with Crippen molar-refractivity contribution in [2.24, 2.45) is 7.05 Å². The van der Waals surface area contributed by atoms with Crippen LogP contribution in [0, 0.1) is 0 Å². The Morgan fingerprint density at radius 2 is 2.03 bits per heavy atom. The van der Waals surface area contributed by atoms with Crippen LogP contribution in [0.2, 0.25) is 0 Å². The van der Waals surface area contributed by atoms with Crippen molar-refractivity contribution in [2.75, 3.05) is 11.9 Å². The number of piperidine rings is 1. The second-order valence-electron chi connectivity index (χ2n) is 9.33. The molecule has 1 fully saturated rings. The number of carbonyl (C=O) groups is 2. The molecule has 0 bridgehead atoms. The maximum atomic E-state index is 13.7. The Morgan fingerprint density at radius 1 is 1.11 bits per heavy atom. The fraction of sp³-hybridized carbons (Fsp3) is 0.360. The lowest BCUT2D eigenvalue weighted by Crippen LogP contribution is -2.40. The molecule has 36 heavy (non-hydrogen) atoms. The Labute approximate surface area is 207 Å². The highest BCUT2D eigenvalue weighted by atomic mass is 16.2. The highest BCUT2D eigenvalue weighted by molar-refractivity contribution is 6.03. The van der Waals surface area contributed by atoms with Crippen LogP contribution in [-0.2, 0) is 19.9 Å². The molecule has 0 aromatic carbocycles. The molecule has 0 spiro atoms. The lowest BCUT2D eigenvalue weighted by molar-refractivity contribution is 0.0593. The summed E-state index contributed by atoms with van der Waals surface area (Å²) in [4.78, 5) is 32.5. The van der Waals surface area contributed by atoms with E-state index in [9.17, 15) is 9.59 Å². The first-order valence-corrected chi connectivity index (χ1v) is 12.3. The summed E-state index contributed by atoms with van der Waals surface area (Å²) in [6.07, 6.45) is 9.06. The van der Waals surface area contributed by atoms with E-state index in [0.29, 0.717) is 29.4 Å². The molecule has 2 aliphatic rings. The molecule has 4 aromatic rings. The minimum atomic E-state index is -0.349. The van der Waals surface area contributed by atoms with Crippen molar-refractivity contribution >= 4 is 17.6 Å². The smallest absolute Gasteiger partial charge is 0.274 e. The van der Waals surface area contributed by atoms with E-state index in [1.54, 1.807) is 29.2 Å². The Bertz CT molecular complexity index is 1420. The summed E-state index contributed by atoms with van der Waals surface area (Å²) in [5, 5.41) is 21.7. The first-order chi connectivity index (χ1) is 17.6. The number of aryl methyl sites for hydroxylation is 2. The number of hydrogen-bond donors (Lipinski definition) is 3. The van der Waals surface area contributed by atoms with Gasteiger partial charge in [0.2, 0.25) is 0 Å². The molecule has 2 amide bonds. The summed E-state index contributed by atoms with van der Waals surface area (Å²) < 4.78 is 1.74. The van der Waals surface area contributed by atoms with Gasteiger partial charge in [0.1, 0.15) is 11.4 Å². The SMILES string of the molecule is Cn1nc2c(c1C(=O)N1CCCCC1c1cc(NC(=O)c3cc(-c4cccnc4)n[nH]3)n[nH]1)CCC2. The number of amides is 2. The van der Waals surface area contributed by atoms with E-state index in [1.807, 2.05) is 24.1 Å². The first kappa shape index (κ1) is 22.2. The number of nitrogens with zero attached hydrogens (tertiary/aromatic N) is 6. The normalized spacial score (nSPS) is 17.2. The van der Waals surface area contributed by atoms with E-state index in [1.165, 1.54) is 0 Å². The minimum absolute atomic E-state index is 0.0124. The molecule has 1 unspecified atom stereocenters. The number of aromatic amines is 2. The average Bonchev–Trinajstić information content (AvgIpc) is 3.69. The van der Waals surface area contributed by atoms with Gasteiger partial charge in [0, 0.05) is 43.2 Å². The number of hydrogen-bond acceptors (Lipinski definition) is 6. The summed E-state index contributed by atoms with van der Waals surface area (Å²) in [6, 6.07) is 7.03. The number of nitrogens with one attached hydrogen (secondary N) is 3. The predicted molar refractivity (Wildman–Crippen MR) is 131 cm³/mol. The summed E-state index contributed by atoms with van der Waals surface area (Å²) in [6.45, 7) is 0.676. The van der Waals surface area contributed by atoms with Crippen LogP contribution in [0.3, 0.4) is 0 Å². The Hall–Kier alpha value is -4.28. The van der Waals surface area contributed by atoms with Crippen LogP contribution in [0.4, 0.5) is 5.82 Å². The number of aromatic nitrogens is 7. The zero-order valence-electron chi connectivity index (χ0n) is 20.0. The highest BCUT2D eigenvalue weighted by Crippen LogP contribution is 2.34. The highest BCUT2D eigenvalue weighted by Gasteiger charge is 2.34. The number of fused-ring (bicyclic) bond motifs is 1. The van der Waals surface area contributed by atoms with Crippen LogP contribution in [0.25, 0.3) is 11.3 Å². The van der Waals surface area contributed by atoms with E-state index >= 15 is 0 Å². The Balaban J connectivity index is 1.19. The van der Waals surface area contributed by atoms with Crippen molar-refractivity contribution in [1.82, 2.24) is 40.1 Å². The second-order valence-corrected chi connectivity index (χ2v) is 9.33. The molecule has 0 radical (unpaired) electrons. The summed E-state index contributed by atoms with van der Waals surface area (Å²) in [7, 11) is 1.85. The molecule has 6 rings (SSSR count). The molecule has 11 nitrogen and oxygen atoms in total. The van der Waals surface area contributed by atoms with Crippen molar-refractivity contribution in [2.45, 2.75) is 44.6 Å². The molecule has 1 aliphatic carbocycles. The molecular formula is C25H27N9O2. The molecule has 1 atom stereocenters. The fourth-order valence-electron chi connectivity index (χ4n) is 5.28. The predicted octanol–water partition coefficient (Wildman–Crippen LogP) is 3.04. The number of likely N-dealkylation sites (tertiary alicyclic amines) is 1. The van der Waals surface area contributed by atoms with Crippen LogP contribution in [-0.4, -0.2) is 58.4 Å². The molecule has 11 heteroatoms. The van der Waals surface area contributed by atoms with Crippen LogP contribution >= 0.6 is 0 Å². The molecule has 3 N–H and O–H groups in total. The van der Waals surface area contributed by atoms with Gasteiger partial charge in [-0.15, -0.1) is 0 Å².